The van der Waals surface area contributed by atoms with Crippen molar-refractivity contribution in [3.05, 3.63) is 59.1 Å². The Balaban J connectivity index is 0.00000192. The molecule has 0 aliphatic carbocycles. The Morgan fingerprint density at radius 1 is 1.13 bits per heavy atom. The first-order valence-electron chi connectivity index (χ1n) is 6.60. The number of anilines is 1. The van der Waals surface area contributed by atoms with Gasteiger partial charge in [-0.1, -0.05) is 29.8 Å². The summed E-state index contributed by atoms with van der Waals surface area (Å²) in [7, 11) is 0. The first-order chi connectivity index (χ1) is 10.6. The molecule has 0 bridgehead atoms. The third kappa shape index (κ3) is 4.28. The number of aromatic hydroxyl groups is 1. The van der Waals surface area contributed by atoms with Gasteiger partial charge in [0.15, 0.2) is 12.1 Å². The maximum absolute atomic E-state index is 9.35. The molecule has 3 rings (SSSR count). The molecule has 0 radical (unpaired) electrons. The van der Waals surface area contributed by atoms with E-state index in [1.165, 1.54) is 0 Å². The normalized spacial score (nSPS) is 16.5. The number of hydrogen-bond acceptors (Lipinski definition) is 6. The third-order valence-electron chi connectivity index (χ3n) is 3.04. The maximum Gasteiger partial charge on any atom is 0.205 e. The first kappa shape index (κ1) is 16.9. The maximum atomic E-state index is 9.35. The number of guanidine groups is 2. The van der Waals surface area contributed by atoms with Crippen LogP contribution in [-0.2, 0) is 0 Å². The van der Waals surface area contributed by atoms with Crippen molar-refractivity contribution in [2.24, 2.45) is 15.7 Å². The molecule has 0 spiro atoms. The average Bonchev–Trinajstić information content (AvgIpc) is 2.47. The molecule has 5 N–H and O–H groups in total. The second-order valence-electron chi connectivity index (χ2n) is 4.72. The predicted molar refractivity (Wildman–Crippen MR) is 95.4 cm³/mol. The number of halogens is 2. The molecule has 0 aromatic heterocycles. The summed E-state index contributed by atoms with van der Waals surface area (Å²) in [5, 5.41) is 15.9. The lowest BCUT2D eigenvalue weighted by Gasteiger charge is -2.20. The van der Waals surface area contributed by atoms with Gasteiger partial charge in [-0.3, -0.25) is 5.32 Å². The molecular weight excluding hydrogens is 337 g/mol. The number of phenols is 1. The van der Waals surface area contributed by atoms with Crippen LogP contribution in [0.15, 0.2) is 58.5 Å². The summed E-state index contributed by atoms with van der Waals surface area (Å²) < 4.78 is 0. The summed E-state index contributed by atoms with van der Waals surface area (Å²) in [5.41, 5.74) is 7.43. The molecule has 8 heteroatoms. The highest BCUT2D eigenvalue weighted by Crippen LogP contribution is 2.23. The van der Waals surface area contributed by atoms with Crippen LogP contribution in [0.25, 0.3) is 0 Å². The zero-order valence-corrected chi connectivity index (χ0v) is 13.5. The molecule has 0 saturated carbocycles. The van der Waals surface area contributed by atoms with Gasteiger partial charge in [0, 0.05) is 10.7 Å². The molecule has 1 unspecified atom stereocenters. The lowest BCUT2D eigenvalue weighted by atomic mass is 10.1. The van der Waals surface area contributed by atoms with Crippen molar-refractivity contribution >= 4 is 41.6 Å². The molecule has 120 valence electrons. The van der Waals surface area contributed by atoms with Gasteiger partial charge in [-0.2, -0.15) is 0 Å². The molecule has 1 aliphatic heterocycles. The van der Waals surface area contributed by atoms with Crippen LogP contribution >= 0.6 is 24.0 Å². The minimum atomic E-state index is -0.469. The van der Waals surface area contributed by atoms with Gasteiger partial charge in [0.2, 0.25) is 5.96 Å². The highest BCUT2D eigenvalue weighted by molar-refractivity contribution is 6.30. The average molecular weight is 352 g/mol. The fourth-order valence-corrected chi connectivity index (χ4v) is 2.22. The number of benzene rings is 2. The van der Waals surface area contributed by atoms with Crippen molar-refractivity contribution in [1.82, 2.24) is 5.32 Å². The predicted octanol–water partition coefficient (Wildman–Crippen LogP) is 2.85. The molecule has 1 atom stereocenters. The molecule has 1 aliphatic rings. The highest BCUT2D eigenvalue weighted by atomic mass is 35.5. The number of hydrogen-bond donors (Lipinski definition) is 4. The minimum Gasteiger partial charge on any atom is -0.508 e. The Labute approximate surface area is 144 Å². The minimum absolute atomic E-state index is 0. The van der Waals surface area contributed by atoms with Crippen molar-refractivity contribution in [2.75, 3.05) is 5.32 Å². The van der Waals surface area contributed by atoms with Crippen molar-refractivity contribution < 1.29 is 5.11 Å². The van der Waals surface area contributed by atoms with E-state index in [0.717, 1.165) is 11.3 Å². The van der Waals surface area contributed by atoms with Gasteiger partial charge in [-0.15, -0.1) is 12.4 Å². The SMILES string of the molecule is Cl.NC1=NC(c2ccc(O)cc2)N=C(Nc2cccc(Cl)c2)N1. The van der Waals surface area contributed by atoms with Crippen LogP contribution < -0.4 is 16.4 Å². The highest BCUT2D eigenvalue weighted by Gasteiger charge is 2.16. The molecule has 1 heterocycles. The lowest BCUT2D eigenvalue weighted by molar-refractivity contribution is 0.475. The van der Waals surface area contributed by atoms with Crippen molar-refractivity contribution in [3.63, 3.8) is 0 Å². The molecule has 23 heavy (non-hydrogen) atoms. The van der Waals surface area contributed by atoms with E-state index in [9.17, 15) is 5.11 Å². The van der Waals surface area contributed by atoms with E-state index < -0.39 is 6.17 Å². The fourth-order valence-electron chi connectivity index (χ4n) is 2.03. The van der Waals surface area contributed by atoms with Crippen LogP contribution in [0.1, 0.15) is 11.7 Å². The Morgan fingerprint density at radius 2 is 1.87 bits per heavy atom. The summed E-state index contributed by atoms with van der Waals surface area (Å²) in [4.78, 5) is 8.70. The number of nitrogens with zero attached hydrogens (tertiary/aromatic N) is 2. The second-order valence-corrected chi connectivity index (χ2v) is 5.15. The van der Waals surface area contributed by atoms with E-state index in [1.54, 1.807) is 36.4 Å². The first-order valence-corrected chi connectivity index (χ1v) is 6.97. The molecule has 2 aromatic rings. The standard InChI is InChI=1S/C15H14ClN5O.ClH/c16-10-2-1-3-11(8-10)18-15-20-13(19-14(17)21-15)9-4-6-12(22)7-5-9;/h1-8,13,22H,(H4,17,18,19,20,21);1H. The largest absolute Gasteiger partial charge is 0.508 e. The van der Waals surface area contributed by atoms with E-state index in [1.807, 2.05) is 12.1 Å². The lowest BCUT2D eigenvalue weighted by Crippen LogP contribution is -2.43. The zero-order valence-electron chi connectivity index (χ0n) is 11.9. The fraction of sp³-hybridized carbons (Fsp3) is 0.0667. The van der Waals surface area contributed by atoms with Gasteiger partial charge in [-0.25, -0.2) is 9.98 Å². The van der Waals surface area contributed by atoms with E-state index in [0.29, 0.717) is 11.0 Å². The van der Waals surface area contributed by atoms with Crippen molar-refractivity contribution in [2.45, 2.75) is 6.17 Å². The van der Waals surface area contributed by atoms with Crippen LogP contribution in [0, 0.1) is 0 Å². The quantitative estimate of drug-likeness (QED) is 0.668. The van der Waals surface area contributed by atoms with Crippen molar-refractivity contribution in [3.8, 4) is 5.75 Å². The van der Waals surface area contributed by atoms with Gasteiger partial charge in [-0.05, 0) is 35.9 Å². The smallest absolute Gasteiger partial charge is 0.205 e. The number of phenolic OH excluding ortho intramolecular Hbond substituents is 1. The zero-order chi connectivity index (χ0) is 15.5. The summed E-state index contributed by atoms with van der Waals surface area (Å²) in [6, 6.07) is 14.0. The van der Waals surface area contributed by atoms with Crippen LogP contribution in [0.5, 0.6) is 5.75 Å². The molecule has 2 aromatic carbocycles. The van der Waals surface area contributed by atoms with Crippen molar-refractivity contribution in [1.29, 1.82) is 0 Å². The number of rotatable bonds is 2. The molecule has 0 saturated heterocycles. The van der Waals surface area contributed by atoms with Gasteiger partial charge in [0.05, 0.1) is 0 Å². The van der Waals surface area contributed by atoms with E-state index in [4.69, 9.17) is 17.3 Å². The van der Waals surface area contributed by atoms with E-state index in [-0.39, 0.29) is 24.1 Å². The molecular formula is C15H15Cl2N5O. The number of nitrogens with two attached hydrogens (primary N) is 1. The Morgan fingerprint density at radius 3 is 2.57 bits per heavy atom. The van der Waals surface area contributed by atoms with Crippen LogP contribution in [0.2, 0.25) is 5.02 Å². The van der Waals surface area contributed by atoms with Gasteiger partial charge < -0.3 is 16.2 Å². The third-order valence-corrected chi connectivity index (χ3v) is 3.27. The number of aliphatic imine (C=N–C) groups is 2. The van der Waals surface area contributed by atoms with Crippen LogP contribution in [0.3, 0.4) is 0 Å². The van der Waals surface area contributed by atoms with E-state index >= 15 is 0 Å². The van der Waals surface area contributed by atoms with Crippen LogP contribution in [-0.4, -0.2) is 17.0 Å². The molecule has 6 nitrogen and oxygen atoms in total. The summed E-state index contributed by atoms with van der Waals surface area (Å²) >= 11 is 5.96. The summed E-state index contributed by atoms with van der Waals surface area (Å²) in [5.74, 6) is 0.932. The summed E-state index contributed by atoms with van der Waals surface area (Å²) in [6.45, 7) is 0. The second kappa shape index (κ2) is 7.21. The summed E-state index contributed by atoms with van der Waals surface area (Å²) in [6.07, 6.45) is -0.469. The van der Waals surface area contributed by atoms with Gasteiger partial charge in [0.1, 0.15) is 5.75 Å². The van der Waals surface area contributed by atoms with Crippen LogP contribution in [0.4, 0.5) is 5.69 Å². The number of nitrogens with one attached hydrogen (secondary N) is 2. The Hall–Kier alpha value is -2.44. The van der Waals surface area contributed by atoms with Gasteiger partial charge >= 0.3 is 0 Å². The molecule has 0 amide bonds. The molecule has 0 fully saturated rings. The Kier molecular flexibility index (Phi) is 5.31. The monoisotopic (exact) mass is 351 g/mol. The topological polar surface area (TPSA) is 95.0 Å². The van der Waals surface area contributed by atoms with Gasteiger partial charge in [0.25, 0.3) is 0 Å². The van der Waals surface area contributed by atoms with E-state index in [2.05, 4.69) is 20.6 Å². The Bertz CT molecular complexity index is 746.